The van der Waals surface area contributed by atoms with Gasteiger partial charge in [0.05, 0.1) is 6.61 Å². The largest absolute Gasteiger partial charge is 0.487 e. The Kier molecular flexibility index (Phi) is 3.19. The van der Waals surface area contributed by atoms with Crippen LogP contribution >= 0.6 is 0 Å². The molecule has 0 amide bonds. The van der Waals surface area contributed by atoms with Crippen molar-refractivity contribution in [3.05, 3.63) is 54.9 Å². The molecule has 4 aromatic rings. The quantitative estimate of drug-likeness (QED) is 0.442. The highest BCUT2D eigenvalue weighted by Gasteiger charge is 2.13. The fraction of sp³-hybridized carbons (Fsp3) is 0.211. The summed E-state index contributed by atoms with van der Waals surface area (Å²) in [5.74, 6) is 0.918. The van der Waals surface area contributed by atoms with Crippen molar-refractivity contribution in [2.75, 3.05) is 6.61 Å². The minimum Gasteiger partial charge on any atom is -0.487 e. The second-order valence-electron chi connectivity index (χ2n) is 5.63. The summed E-state index contributed by atoms with van der Waals surface area (Å²) in [4.78, 5) is 3.53. The molecule has 0 aliphatic heterocycles. The van der Waals surface area contributed by atoms with E-state index in [0.29, 0.717) is 0 Å². The van der Waals surface area contributed by atoms with Crippen molar-refractivity contribution < 1.29 is 9.14 Å². The first-order chi connectivity index (χ1) is 10.9. The molecule has 0 spiro atoms. The second kappa shape index (κ2) is 5.34. The van der Waals surface area contributed by atoms with Crippen LogP contribution in [0.2, 0.25) is 0 Å². The van der Waals surface area contributed by atoms with Crippen LogP contribution in [0.4, 0.5) is 0 Å². The van der Waals surface area contributed by atoms with Gasteiger partial charge in [0, 0.05) is 28.4 Å². The van der Waals surface area contributed by atoms with Gasteiger partial charge in [0.15, 0.2) is 11.9 Å². The number of nitrogens with zero attached hydrogens (tertiary/aromatic N) is 1. The molecule has 0 bridgehead atoms. The maximum atomic E-state index is 5.79. The predicted octanol–water partition coefficient (Wildman–Crippen LogP) is 4.24. The number of hydrogen-bond donors (Lipinski definition) is 1. The molecule has 3 heteroatoms. The lowest BCUT2D eigenvalue weighted by Gasteiger charge is -2.03. The van der Waals surface area contributed by atoms with Gasteiger partial charge in [-0.3, -0.25) is 0 Å². The number of ether oxygens (including phenoxy) is 1. The Hall–Kier alpha value is -2.55. The number of aromatic amines is 1. The highest BCUT2D eigenvalue weighted by molar-refractivity contribution is 6.10. The van der Waals surface area contributed by atoms with Crippen molar-refractivity contribution in [2.45, 2.75) is 19.8 Å². The molecule has 0 saturated carbocycles. The average Bonchev–Trinajstić information content (AvgIpc) is 2.94. The lowest BCUT2D eigenvalue weighted by molar-refractivity contribution is -0.511. The number of nitrogens with one attached hydrogen (secondary N) is 1. The van der Waals surface area contributed by atoms with Crippen LogP contribution in [-0.4, -0.2) is 11.6 Å². The van der Waals surface area contributed by atoms with Gasteiger partial charge in [0.25, 0.3) is 0 Å². The molecule has 0 atom stereocenters. The fourth-order valence-corrected chi connectivity index (χ4v) is 2.95. The summed E-state index contributed by atoms with van der Waals surface area (Å²) < 4.78 is 7.92. The van der Waals surface area contributed by atoms with Gasteiger partial charge in [0.1, 0.15) is 5.52 Å². The van der Waals surface area contributed by atoms with Crippen LogP contribution in [0, 0.1) is 0 Å². The summed E-state index contributed by atoms with van der Waals surface area (Å²) in [5.41, 5.74) is 3.51. The summed E-state index contributed by atoms with van der Waals surface area (Å²) in [6.45, 7) is 2.95. The second-order valence-corrected chi connectivity index (χ2v) is 5.63. The minimum atomic E-state index is 0.775. The van der Waals surface area contributed by atoms with E-state index in [4.69, 9.17) is 4.74 Å². The zero-order chi connectivity index (χ0) is 14.9. The molecule has 0 aliphatic rings. The van der Waals surface area contributed by atoms with Crippen LogP contribution in [0.25, 0.3) is 27.3 Å². The number of unbranched alkanes of at least 4 members (excludes halogenated alkanes) is 1. The van der Waals surface area contributed by atoms with Gasteiger partial charge in [-0.2, -0.15) is 4.40 Å². The highest BCUT2D eigenvalue weighted by atomic mass is 16.5. The van der Waals surface area contributed by atoms with Crippen LogP contribution < -0.4 is 9.14 Å². The molecule has 0 radical (unpaired) electrons. The van der Waals surface area contributed by atoms with Gasteiger partial charge in [-0.05, 0) is 18.6 Å². The van der Waals surface area contributed by atoms with Gasteiger partial charge in [-0.25, -0.2) is 0 Å². The maximum absolute atomic E-state index is 5.79. The van der Waals surface area contributed by atoms with Crippen molar-refractivity contribution in [1.29, 1.82) is 0 Å². The van der Waals surface area contributed by atoms with E-state index in [2.05, 4.69) is 71.2 Å². The zero-order valence-electron chi connectivity index (χ0n) is 12.7. The Morgan fingerprint density at radius 1 is 1.05 bits per heavy atom. The maximum Gasteiger partial charge on any atom is 0.235 e. The summed E-state index contributed by atoms with van der Waals surface area (Å²) in [6, 6.07) is 14.8. The van der Waals surface area contributed by atoms with Crippen LogP contribution in [0.5, 0.6) is 5.75 Å². The molecule has 3 heterocycles. The number of rotatable bonds is 4. The molecule has 22 heavy (non-hydrogen) atoms. The first kappa shape index (κ1) is 13.1. The van der Waals surface area contributed by atoms with E-state index in [1.54, 1.807) is 0 Å². The SMILES string of the molecule is CCCCOc1ccc2c3[nH]c4ccccc4c3cc[n+]2c1. The topological polar surface area (TPSA) is 29.1 Å². The van der Waals surface area contributed by atoms with Crippen LogP contribution in [-0.2, 0) is 0 Å². The number of H-pyrrole nitrogens is 1. The molecule has 0 unspecified atom stereocenters. The van der Waals surface area contributed by atoms with Gasteiger partial charge in [-0.1, -0.05) is 31.5 Å². The summed E-state index contributed by atoms with van der Waals surface area (Å²) in [7, 11) is 0. The van der Waals surface area contributed by atoms with E-state index in [1.165, 1.54) is 21.8 Å². The number of fused-ring (bicyclic) bond motifs is 5. The van der Waals surface area contributed by atoms with Gasteiger partial charge >= 0.3 is 0 Å². The Morgan fingerprint density at radius 2 is 1.95 bits per heavy atom. The van der Waals surface area contributed by atoms with Crippen molar-refractivity contribution >= 4 is 27.3 Å². The molecule has 1 N–H and O–H groups in total. The predicted molar refractivity (Wildman–Crippen MR) is 89.4 cm³/mol. The van der Waals surface area contributed by atoms with E-state index in [9.17, 15) is 0 Å². The van der Waals surface area contributed by atoms with Crippen LogP contribution in [0.3, 0.4) is 0 Å². The first-order valence-electron chi connectivity index (χ1n) is 7.84. The van der Waals surface area contributed by atoms with Gasteiger partial charge in [0.2, 0.25) is 11.7 Å². The van der Waals surface area contributed by atoms with E-state index >= 15 is 0 Å². The first-order valence-corrected chi connectivity index (χ1v) is 7.84. The standard InChI is InChI=1S/C19H18N2O/c1-2-3-12-22-14-8-9-18-19-16(10-11-21(18)13-14)15-6-4-5-7-17(15)20-19/h4-11,13H,2-3,12H2,1H3/p+1. The Balaban J connectivity index is 1.85. The summed E-state index contributed by atoms with van der Waals surface area (Å²) >= 11 is 0. The lowest BCUT2D eigenvalue weighted by atomic mass is 10.1. The van der Waals surface area contributed by atoms with Gasteiger partial charge < -0.3 is 9.72 Å². The number of pyridine rings is 2. The molecule has 110 valence electrons. The smallest absolute Gasteiger partial charge is 0.235 e. The molecule has 0 aliphatic carbocycles. The van der Waals surface area contributed by atoms with Crippen molar-refractivity contribution in [2.24, 2.45) is 0 Å². The van der Waals surface area contributed by atoms with Gasteiger partial charge in [-0.15, -0.1) is 0 Å². The molecule has 1 aromatic carbocycles. The highest BCUT2D eigenvalue weighted by Crippen LogP contribution is 2.26. The molecular formula is C19H19N2O+. The van der Waals surface area contributed by atoms with Crippen molar-refractivity contribution in [3.8, 4) is 5.75 Å². The third-order valence-corrected chi connectivity index (χ3v) is 4.12. The molecule has 3 nitrogen and oxygen atoms in total. The molecule has 3 aromatic heterocycles. The van der Waals surface area contributed by atoms with E-state index in [0.717, 1.165) is 30.7 Å². The average molecular weight is 291 g/mol. The molecule has 0 saturated heterocycles. The van der Waals surface area contributed by atoms with E-state index < -0.39 is 0 Å². The number of para-hydroxylation sites is 1. The number of benzene rings is 1. The lowest BCUT2D eigenvalue weighted by Crippen LogP contribution is -2.21. The summed E-state index contributed by atoms with van der Waals surface area (Å²) in [5, 5.41) is 2.53. The van der Waals surface area contributed by atoms with Crippen molar-refractivity contribution in [3.63, 3.8) is 0 Å². The fourth-order valence-electron chi connectivity index (χ4n) is 2.95. The van der Waals surface area contributed by atoms with Crippen molar-refractivity contribution in [1.82, 2.24) is 4.98 Å². The van der Waals surface area contributed by atoms with E-state index in [-0.39, 0.29) is 0 Å². The zero-order valence-corrected chi connectivity index (χ0v) is 12.7. The third kappa shape index (κ3) is 2.10. The normalized spacial score (nSPS) is 11.5. The Bertz CT molecular complexity index is 956. The van der Waals surface area contributed by atoms with Crippen LogP contribution in [0.15, 0.2) is 54.9 Å². The third-order valence-electron chi connectivity index (χ3n) is 4.12. The summed E-state index contributed by atoms with van der Waals surface area (Å²) in [6.07, 6.45) is 6.39. The van der Waals surface area contributed by atoms with Crippen LogP contribution in [0.1, 0.15) is 19.8 Å². The molecule has 0 fully saturated rings. The Morgan fingerprint density at radius 3 is 2.86 bits per heavy atom. The monoisotopic (exact) mass is 291 g/mol. The Labute approximate surface area is 129 Å². The number of aromatic nitrogens is 2. The molecular weight excluding hydrogens is 272 g/mol. The van der Waals surface area contributed by atoms with E-state index in [1.807, 2.05) is 0 Å². The molecule has 4 rings (SSSR count). The number of hydrogen-bond acceptors (Lipinski definition) is 1. The minimum absolute atomic E-state index is 0.775.